The molecule has 5 heteroatoms. The van der Waals surface area contributed by atoms with Gasteiger partial charge in [-0.1, -0.05) is 23.7 Å². The number of pyridine rings is 1. The second-order valence-electron chi connectivity index (χ2n) is 5.04. The van der Waals surface area contributed by atoms with Gasteiger partial charge in [0, 0.05) is 16.8 Å². The number of rotatable bonds is 3. The minimum Gasteiger partial charge on any atom is -0.475 e. The normalized spacial score (nSPS) is 17.7. The largest absolute Gasteiger partial charge is 0.475 e. The average Bonchev–Trinajstić information content (AvgIpc) is 2.91. The Morgan fingerprint density at radius 3 is 2.90 bits per heavy atom. The van der Waals surface area contributed by atoms with Crippen molar-refractivity contribution >= 4 is 17.5 Å². The van der Waals surface area contributed by atoms with Crippen molar-refractivity contribution in [2.24, 2.45) is 0 Å². The molecule has 2 atom stereocenters. The van der Waals surface area contributed by atoms with Gasteiger partial charge in [-0.2, -0.15) is 0 Å². The van der Waals surface area contributed by atoms with Crippen LogP contribution in [-0.2, 0) is 4.79 Å². The van der Waals surface area contributed by atoms with E-state index in [2.05, 4.69) is 10.3 Å². The maximum atomic E-state index is 12.4. The molecule has 2 heterocycles. The number of ether oxygens (including phenoxy) is 1. The van der Waals surface area contributed by atoms with Gasteiger partial charge >= 0.3 is 0 Å². The summed E-state index contributed by atoms with van der Waals surface area (Å²) < 4.78 is 5.47. The minimum absolute atomic E-state index is 0.0392. The number of aromatic nitrogens is 1. The second-order valence-corrected chi connectivity index (χ2v) is 5.48. The Bertz CT molecular complexity index is 658. The van der Waals surface area contributed by atoms with Crippen LogP contribution in [0, 0.1) is 0 Å². The number of carbonyl (C=O) groups excluding carboxylic acids is 1. The Balaban J connectivity index is 1.71. The lowest BCUT2D eigenvalue weighted by molar-refractivity contribution is -0.123. The zero-order valence-electron chi connectivity index (χ0n) is 11.5. The van der Waals surface area contributed by atoms with Crippen molar-refractivity contribution in [1.29, 1.82) is 0 Å². The molecule has 0 bridgehead atoms. The fourth-order valence-corrected chi connectivity index (χ4v) is 2.49. The molecule has 108 valence electrons. The molecule has 0 aliphatic carbocycles. The predicted octanol–water partition coefficient (Wildman–Crippen LogP) is 3.09. The van der Waals surface area contributed by atoms with Crippen molar-refractivity contribution in [1.82, 2.24) is 10.3 Å². The zero-order valence-corrected chi connectivity index (χ0v) is 12.3. The Hall–Kier alpha value is -2.07. The summed E-state index contributed by atoms with van der Waals surface area (Å²) >= 11 is 5.87. The van der Waals surface area contributed by atoms with E-state index in [1.165, 1.54) is 0 Å². The lowest BCUT2D eigenvalue weighted by Crippen LogP contribution is -2.32. The van der Waals surface area contributed by atoms with Gasteiger partial charge in [-0.3, -0.25) is 4.79 Å². The Labute approximate surface area is 128 Å². The van der Waals surface area contributed by atoms with E-state index < -0.39 is 0 Å². The quantitative estimate of drug-likeness (QED) is 0.948. The summed E-state index contributed by atoms with van der Waals surface area (Å²) in [6, 6.07) is 10.9. The van der Waals surface area contributed by atoms with Crippen LogP contribution in [0.2, 0.25) is 5.02 Å². The van der Waals surface area contributed by atoms with Gasteiger partial charge in [-0.05, 0) is 36.8 Å². The maximum Gasteiger partial charge on any atom is 0.227 e. The number of fused-ring (bicyclic) bond motifs is 1. The maximum absolute atomic E-state index is 12.4. The molecular formula is C16H15ClN2O2. The molecule has 21 heavy (non-hydrogen) atoms. The number of hydrogen-bond acceptors (Lipinski definition) is 3. The van der Waals surface area contributed by atoms with Gasteiger partial charge in [0.1, 0.15) is 6.61 Å². The van der Waals surface area contributed by atoms with E-state index in [0.29, 0.717) is 17.5 Å². The Morgan fingerprint density at radius 1 is 1.38 bits per heavy atom. The fraction of sp³-hybridized carbons (Fsp3) is 0.250. The van der Waals surface area contributed by atoms with Crippen molar-refractivity contribution in [2.45, 2.75) is 18.9 Å². The van der Waals surface area contributed by atoms with E-state index >= 15 is 0 Å². The lowest BCUT2D eigenvalue weighted by Gasteiger charge is -2.16. The first-order valence-electron chi connectivity index (χ1n) is 6.78. The summed E-state index contributed by atoms with van der Waals surface area (Å²) in [4.78, 5) is 16.5. The van der Waals surface area contributed by atoms with Crippen LogP contribution in [0.4, 0.5) is 0 Å². The summed E-state index contributed by atoms with van der Waals surface area (Å²) in [5.74, 6) is 0.313. The molecule has 1 aliphatic heterocycles. The van der Waals surface area contributed by atoms with E-state index in [-0.39, 0.29) is 17.9 Å². The summed E-state index contributed by atoms with van der Waals surface area (Å²) in [6.07, 6.45) is 1.68. The molecule has 1 aliphatic rings. The van der Waals surface area contributed by atoms with Gasteiger partial charge in [0.15, 0.2) is 0 Å². The number of nitrogens with one attached hydrogen (secondary N) is 1. The van der Waals surface area contributed by atoms with Crippen molar-refractivity contribution in [3.8, 4) is 5.88 Å². The monoisotopic (exact) mass is 302 g/mol. The number of carbonyl (C=O) groups is 1. The standard InChI is InChI=1S/C16H15ClN2O2/c1-10(11-4-6-12(17)7-5-11)15(20)19-14-9-21-16-13(14)3-2-8-18-16/h2-8,10,14H,9H2,1H3,(H,19,20)/t10-,14-/m0/s1. The van der Waals surface area contributed by atoms with E-state index in [4.69, 9.17) is 16.3 Å². The van der Waals surface area contributed by atoms with Crippen LogP contribution < -0.4 is 10.1 Å². The molecule has 0 unspecified atom stereocenters. The first kappa shape index (κ1) is 13.9. The molecule has 0 fully saturated rings. The van der Waals surface area contributed by atoms with Crippen LogP contribution in [0.5, 0.6) is 5.88 Å². The minimum atomic E-state index is -0.247. The molecule has 0 radical (unpaired) electrons. The molecule has 0 saturated carbocycles. The molecule has 3 rings (SSSR count). The molecular weight excluding hydrogens is 288 g/mol. The molecule has 4 nitrogen and oxygen atoms in total. The van der Waals surface area contributed by atoms with Gasteiger partial charge in [-0.25, -0.2) is 4.98 Å². The molecule has 0 spiro atoms. The summed E-state index contributed by atoms with van der Waals surface area (Å²) in [5.41, 5.74) is 1.86. The average molecular weight is 303 g/mol. The van der Waals surface area contributed by atoms with Crippen molar-refractivity contribution in [2.75, 3.05) is 6.61 Å². The third-order valence-corrected chi connectivity index (χ3v) is 3.89. The number of amides is 1. The lowest BCUT2D eigenvalue weighted by atomic mass is 9.99. The highest BCUT2D eigenvalue weighted by Crippen LogP contribution is 2.30. The SMILES string of the molecule is C[C@H](C(=O)N[C@H]1COc2ncccc21)c1ccc(Cl)cc1. The van der Waals surface area contributed by atoms with Crippen LogP contribution in [-0.4, -0.2) is 17.5 Å². The third kappa shape index (κ3) is 2.85. The van der Waals surface area contributed by atoms with Crippen molar-refractivity contribution < 1.29 is 9.53 Å². The summed E-state index contributed by atoms with van der Waals surface area (Å²) in [5, 5.41) is 3.67. The van der Waals surface area contributed by atoms with Crippen molar-refractivity contribution in [3.63, 3.8) is 0 Å². The van der Waals surface area contributed by atoms with Gasteiger partial charge in [0.25, 0.3) is 0 Å². The molecule has 1 aromatic heterocycles. The summed E-state index contributed by atoms with van der Waals surface area (Å²) in [7, 11) is 0. The molecule has 0 saturated heterocycles. The van der Waals surface area contributed by atoms with Gasteiger partial charge < -0.3 is 10.1 Å². The van der Waals surface area contributed by atoms with E-state index in [0.717, 1.165) is 11.1 Å². The molecule has 1 N–H and O–H groups in total. The van der Waals surface area contributed by atoms with E-state index in [1.807, 2.05) is 31.2 Å². The van der Waals surface area contributed by atoms with Gasteiger partial charge in [-0.15, -0.1) is 0 Å². The highest BCUT2D eigenvalue weighted by atomic mass is 35.5. The smallest absolute Gasteiger partial charge is 0.227 e. The molecule has 1 amide bonds. The first-order valence-corrected chi connectivity index (χ1v) is 7.16. The Kier molecular flexibility index (Phi) is 3.80. The third-order valence-electron chi connectivity index (χ3n) is 3.64. The van der Waals surface area contributed by atoms with Crippen LogP contribution >= 0.6 is 11.6 Å². The van der Waals surface area contributed by atoms with Crippen LogP contribution in [0.1, 0.15) is 30.0 Å². The Morgan fingerprint density at radius 2 is 2.14 bits per heavy atom. The van der Waals surface area contributed by atoms with E-state index in [9.17, 15) is 4.79 Å². The number of nitrogens with zero attached hydrogens (tertiary/aromatic N) is 1. The number of benzene rings is 1. The van der Waals surface area contributed by atoms with E-state index in [1.54, 1.807) is 18.3 Å². The highest BCUT2D eigenvalue weighted by molar-refractivity contribution is 6.30. The topological polar surface area (TPSA) is 51.2 Å². The second kappa shape index (κ2) is 5.74. The van der Waals surface area contributed by atoms with Gasteiger partial charge in [0.05, 0.1) is 12.0 Å². The molecule has 2 aromatic rings. The first-order chi connectivity index (χ1) is 10.1. The number of hydrogen-bond donors (Lipinski definition) is 1. The van der Waals surface area contributed by atoms with Crippen LogP contribution in [0.25, 0.3) is 0 Å². The predicted molar refractivity (Wildman–Crippen MR) is 80.5 cm³/mol. The van der Waals surface area contributed by atoms with Gasteiger partial charge in [0.2, 0.25) is 11.8 Å². The van der Waals surface area contributed by atoms with Crippen LogP contribution in [0.3, 0.4) is 0 Å². The zero-order chi connectivity index (χ0) is 14.8. The highest BCUT2D eigenvalue weighted by Gasteiger charge is 2.28. The van der Waals surface area contributed by atoms with Crippen molar-refractivity contribution in [3.05, 3.63) is 58.7 Å². The fourth-order valence-electron chi connectivity index (χ4n) is 2.36. The van der Waals surface area contributed by atoms with Crippen LogP contribution in [0.15, 0.2) is 42.6 Å². The number of halogens is 1. The molecule has 1 aromatic carbocycles. The summed E-state index contributed by atoms with van der Waals surface area (Å²) in [6.45, 7) is 2.30.